The van der Waals surface area contributed by atoms with Gasteiger partial charge in [-0.3, -0.25) is 4.79 Å². The summed E-state index contributed by atoms with van der Waals surface area (Å²) >= 11 is 0.920. The molecule has 0 bridgehead atoms. The zero-order valence-corrected chi connectivity index (χ0v) is 14.2. The van der Waals surface area contributed by atoms with Crippen molar-refractivity contribution in [3.05, 3.63) is 54.1 Å². The van der Waals surface area contributed by atoms with E-state index in [1.165, 1.54) is 43.3 Å². The highest BCUT2D eigenvalue weighted by Crippen LogP contribution is 2.33. The van der Waals surface area contributed by atoms with Crippen molar-refractivity contribution in [2.24, 2.45) is 0 Å². The van der Waals surface area contributed by atoms with Crippen LogP contribution >= 0.6 is 11.8 Å². The number of carbonyl (C=O) groups is 1. The fourth-order valence-corrected chi connectivity index (χ4v) is 2.93. The third-order valence-corrected chi connectivity index (χ3v) is 4.30. The zero-order chi connectivity index (χ0) is 19.3. The SMILES string of the molecule is C[C@@H](Sc1cccc(C(F)(F)F)c1)C(=O)Nc1ccccc1OC(F)F. The smallest absolute Gasteiger partial charge is 0.416 e. The Hall–Kier alpha value is -2.29. The molecule has 2 aromatic rings. The Morgan fingerprint density at radius 3 is 2.46 bits per heavy atom. The van der Waals surface area contributed by atoms with Gasteiger partial charge >= 0.3 is 12.8 Å². The Bertz CT molecular complexity index is 767. The van der Waals surface area contributed by atoms with Crippen molar-refractivity contribution < 1.29 is 31.5 Å². The lowest BCUT2D eigenvalue weighted by Crippen LogP contribution is -2.23. The van der Waals surface area contributed by atoms with Crippen LogP contribution in [0.2, 0.25) is 0 Å². The number of para-hydroxylation sites is 2. The van der Waals surface area contributed by atoms with E-state index in [1.54, 1.807) is 0 Å². The van der Waals surface area contributed by atoms with Crippen LogP contribution in [-0.4, -0.2) is 17.8 Å². The van der Waals surface area contributed by atoms with Gasteiger partial charge in [-0.25, -0.2) is 0 Å². The molecule has 0 aliphatic heterocycles. The van der Waals surface area contributed by atoms with Gasteiger partial charge in [0.1, 0.15) is 5.75 Å². The van der Waals surface area contributed by atoms with Gasteiger partial charge in [0.15, 0.2) is 0 Å². The summed E-state index contributed by atoms with van der Waals surface area (Å²) in [5, 5.41) is 1.67. The minimum Gasteiger partial charge on any atom is -0.433 e. The Kier molecular flexibility index (Phi) is 6.47. The molecular formula is C17H14F5NO2S. The standard InChI is InChI=1S/C17H14F5NO2S/c1-10(26-12-6-4-5-11(9-12)17(20,21)22)15(24)23-13-7-2-3-8-14(13)25-16(18)19/h2-10,16H,1H3,(H,23,24)/t10-/m1/s1. The van der Waals surface area contributed by atoms with Crippen molar-refractivity contribution >= 4 is 23.4 Å². The monoisotopic (exact) mass is 391 g/mol. The van der Waals surface area contributed by atoms with Crippen molar-refractivity contribution in [1.29, 1.82) is 0 Å². The fourth-order valence-electron chi connectivity index (χ4n) is 2.01. The number of ether oxygens (including phenoxy) is 1. The van der Waals surface area contributed by atoms with E-state index in [1.807, 2.05) is 0 Å². The second-order valence-corrected chi connectivity index (χ2v) is 6.56. The fraction of sp³-hybridized carbons (Fsp3) is 0.235. The maximum Gasteiger partial charge on any atom is 0.416 e. The maximum atomic E-state index is 12.7. The van der Waals surface area contributed by atoms with Crippen LogP contribution in [0.15, 0.2) is 53.4 Å². The topological polar surface area (TPSA) is 38.3 Å². The number of anilines is 1. The molecular weight excluding hydrogens is 377 g/mol. The van der Waals surface area contributed by atoms with Gasteiger partial charge in [0.2, 0.25) is 5.91 Å². The number of carbonyl (C=O) groups excluding carboxylic acids is 1. The number of alkyl halides is 5. The highest BCUT2D eigenvalue weighted by molar-refractivity contribution is 8.00. The number of hydrogen-bond donors (Lipinski definition) is 1. The number of halogens is 5. The van der Waals surface area contributed by atoms with Crippen LogP contribution in [0.4, 0.5) is 27.6 Å². The Balaban J connectivity index is 2.07. The van der Waals surface area contributed by atoms with Gasteiger partial charge in [-0.15, -0.1) is 11.8 Å². The molecule has 0 aliphatic carbocycles. The molecule has 0 saturated carbocycles. The van der Waals surface area contributed by atoms with Crippen LogP contribution in [0.3, 0.4) is 0 Å². The highest BCUT2D eigenvalue weighted by Gasteiger charge is 2.30. The molecule has 3 nitrogen and oxygen atoms in total. The van der Waals surface area contributed by atoms with E-state index < -0.39 is 29.5 Å². The third kappa shape index (κ3) is 5.62. The second kappa shape index (κ2) is 8.39. The lowest BCUT2D eigenvalue weighted by atomic mass is 10.2. The number of rotatable bonds is 6. The predicted molar refractivity (Wildman–Crippen MR) is 88.5 cm³/mol. The largest absolute Gasteiger partial charge is 0.433 e. The third-order valence-electron chi connectivity index (χ3n) is 3.20. The first-order valence-electron chi connectivity index (χ1n) is 7.35. The molecule has 9 heteroatoms. The van der Waals surface area contributed by atoms with Crippen LogP contribution in [-0.2, 0) is 11.0 Å². The molecule has 1 atom stereocenters. The molecule has 1 N–H and O–H groups in total. The van der Waals surface area contributed by atoms with E-state index in [9.17, 15) is 26.7 Å². The summed E-state index contributed by atoms with van der Waals surface area (Å²) in [6.45, 7) is -1.55. The van der Waals surface area contributed by atoms with Gasteiger partial charge < -0.3 is 10.1 Å². The summed E-state index contributed by atoms with van der Waals surface area (Å²) in [6.07, 6.45) is -4.48. The minimum absolute atomic E-state index is 0.0503. The summed E-state index contributed by atoms with van der Waals surface area (Å²) in [7, 11) is 0. The maximum absolute atomic E-state index is 12.7. The van der Waals surface area contributed by atoms with E-state index >= 15 is 0 Å². The number of thioether (sulfide) groups is 1. The van der Waals surface area contributed by atoms with Crippen LogP contribution in [0, 0.1) is 0 Å². The number of benzene rings is 2. The highest BCUT2D eigenvalue weighted by atomic mass is 32.2. The van der Waals surface area contributed by atoms with Gasteiger partial charge in [0.05, 0.1) is 16.5 Å². The van der Waals surface area contributed by atoms with Gasteiger partial charge in [-0.2, -0.15) is 22.0 Å². The van der Waals surface area contributed by atoms with E-state index in [0.29, 0.717) is 0 Å². The quantitative estimate of drug-likeness (QED) is 0.527. The molecule has 0 unspecified atom stereocenters. The van der Waals surface area contributed by atoms with Gasteiger partial charge in [0.25, 0.3) is 0 Å². The molecule has 0 aliphatic rings. The van der Waals surface area contributed by atoms with Crippen molar-refractivity contribution in [2.45, 2.75) is 29.9 Å². The van der Waals surface area contributed by atoms with Crippen molar-refractivity contribution in [2.75, 3.05) is 5.32 Å². The predicted octanol–water partition coefficient (Wildman–Crippen LogP) is 5.43. The second-order valence-electron chi connectivity index (χ2n) is 5.15. The first-order valence-corrected chi connectivity index (χ1v) is 8.23. The molecule has 2 aromatic carbocycles. The van der Waals surface area contributed by atoms with Crippen molar-refractivity contribution in [3.63, 3.8) is 0 Å². The first-order chi connectivity index (χ1) is 12.2. The molecule has 26 heavy (non-hydrogen) atoms. The van der Waals surface area contributed by atoms with Crippen LogP contribution in [0.5, 0.6) is 5.75 Å². The Labute approximate surface area is 150 Å². The van der Waals surface area contributed by atoms with E-state index in [-0.39, 0.29) is 16.3 Å². The summed E-state index contributed by atoms with van der Waals surface area (Å²) < 4.78 is 67.3. The van der Waals surface area contributed by atoms with Crippen LogP contribution in [0.1, 0.15) is 12.5 Å². The molecule has 2 rings (SSSR count). The van der Waals surface area contributed by atoms with Gasteiger partial charge in [-0.1, -0.05) is 18.2 Å². The number of amides is 1. The number of hydrogen-bond acceptors (Lipinski definition) is 3. The van der Waals surface area contributed by atoms with E-state index in [2.05, 4.69) is 10.1 Å². The van der Waals surface area contributed by atoms with E-state index in [4.69, 9.17) is 0 Å². The van der Waals surface area contributed by atoms with Crippen molar-refractivity contribution in [3.8, 4) is 5.75 Å². The molecule has 0 radical (unpaired) electrons. The molecule has 0 saturated heterocycles. The average Bonchev–Trinajstić information content (AvgIpc) is 2.55. The van der Waals surface area contributed by atoms with E-state index in [0.717, 1.165) is 23.9 Å². The molecule has 1 amide bonds. The lowest BCUT2D eigenvalue weighted by Gasteiger charge is -2.15. The molecule has 0 spiro atoms. The zero-order valence-electron chi connectivity index (χ0n) is 13.4. The summed E-state index contributed by atoms with van der Waals surface area (Å²) in [5.41, 5.74) is -0.764. The van der Waals surface area contributed by atoms with Gasteiger partial charge in [0, 0.05) is 4.90 Å². The summed E-state index contributed by atoms with van der Waals surface area (Å²) in [4.78, 5) is 12.5. The first kappa shape index (κ1) is 20.0. The Morgan fingerprint density at radius 2 is 1.81 bits per heavy atom. The van der Waals surface area contributed by atoms with Crippen LogP contribution < -0.4 is 10.1 Å². The lowest BCUT2D eigenvalue weighted by molar-refractivity contribution is -0.137. The molecule has 0 aromatic heterocycles. The molecule has 140 valence electrons. The summed E-state index contributed by atoms with van der Waals surface area (Å²) in [6, 6.07) is 10.2. The molecule has 0 fully saturated rings. The summed E-state index contributed by atoms with van der Waals surface area (Å²) in [5.74, 6) is -0.759. The molecule has 0 heterocycles. The van der Waals surface area contributed by atoms with Crippen LogP contribution in [0.25, 0.3) is 0 Å². The minimum atomic E-state index is -4.48. The average molecular weight is 391 g/mol. The normalized spacial score (nSPS) is 12.7. The number of nitrogens with one attached hydrogen (secondary N) is 1. The Morgan fingerprint density at radius 1 is 1.12 bits per heavy atom. The van der Waals surface area contributed by atoms with Gasteiger partial charge in [-0.05, 0) is 37.3 Å². The van der Waals surface area contributed by atoms with Crippen molar-refractivity contribution in [1.82, 2.24) is 0 Å².